The van der Waals surface area contributed by atoms with Gasteiger partial charge in [-0.25, -0.2) is 0 Å². The molecule has 1 atom stereocenters. The zero-order valence-electron chi connectivity index (χ0n) is 14.2. The van der Waals surface area contributed by atoms with Crippen LogP contribution in [0.3, 0.4) is 0 Å². The Labute approximate surface area is 146 Å². The molecule has 0 radical (unpaired) electrons. The van der Waals surface area contributed by atoms with Gasteiger partial charge < -0.3 is 14.6 Å². The normalized spacial score (nSPS) is 22.2. The highest BCUT2D eigenvalue weighted by atomic mass is 16.3. The van der Waals surface area contributed by atoms with Crippen molar-refractivity contribution in [2.75, 3.05) is 13.1 Å². The summed E-state index contributed by atoms with van der Waals surface area (Å²) in [6, 6.07) is 7.49. The summed E-state index contributed by atoms with van der Waals surface area (Å²) in [5.41, 5.74) is 0.865. The molecule has 130 valence electrons. The molecular weight excluding hydrogens is 318 g/mol. The number of piperidine rings is 1. The van der Waals surface area contributed by atoms with Crippen molar-refractivity contribution in [3.8, 4) is 0 Å². The summed E-state index contributed by atoms with van der Waals surface area (Å²) in [6.07, 6.45) is 5.52. The zero-order valence-corrected chi connectivity index (χ0v) is 14.2. The fourth-order valence-electron chi connectivity index (χ4n) is 4.12. The van der Waals surface area contributed by atoms with E-state index in [1.54, 1.807) is 24.5 Å². The monoisotopic (exact) mass is 339 g/mol. The molecule has 2 amide bonds. The molecule has 0 saturated carbocycles. The van der Waals surface area contributed by atoms with Crippen LogP contribution in [0.5, 0.6) is 0 Å². The molecule has 0 unspecified atom stereocenters. The van der Waals surface area contributed by atoms with Crippen LogP contribution in [0.2, 0.25) is 0 Å². The van der Waals surface area contributed by atoms with Crippen molar-refractivity contribution >= 4 is 11.8 Å². The first-order valence-electron chi connectivity index (χ1n) is 8.64. The van der Waals surface area contributed by atoms with Crippen molar-refractivity contribution in [3.05, 3.63) is 53.7 Å². The molecule has 2 aliphatic heterocycles. The molecule has 0 bridgehead atoms. The number of aryl methyl sites for hydroxylation is 1. The summed E-state index contributed by atoms with van der Waals surface area (Å²) in [5, 5.41) is 3.20. The number of furan rings is 1. The SMILES string of the molecule is Cc1ccc(C(=O)N2CCC3(CC2)NC(=O)C[C@H]3c2ccncc2)o1. The third-order valence-corrected chi connectivity index (χ3v) is 5.45. The van der Waals surface area contributed by atoms with Crippen LogP contribution in [0.15, 0.2) is 41.1 Å². The van der Waals surface area contributed by atoms with Gasteiger partial charge in [-0.3, -0.25) is 14.6 Å². The van der Waals surface area contributed by atoms with E-state index in [9.17, 15) is 9.59 Å². The van der Waals surface area contributed by atoms with Crippen LogP contribution in [0.4, 0.5) is 0 Å². The first-order chi connectivity index (χ1) is 12.1. The number of nitrogens with zero attached hydrogens (tertiary/aromatic N) is 2. The van der Waals surface area contributed by atoms with Crippen molar-refractivity contribution < 1.29 is 14.0 Å². The Kier molecular flexibility index (Phi) is 3.82. The van der Waals surface area contributed by atoms with Crippen LogP contribution in [-0.2, 0) is 4.79 Å². The van der Waals surface area contributed by atoms with E-state index < -0.39 is 0 Å². The van der Waals surface area contributed by atoms with Crippen LogP contribution >= 0.6 is 0 Å². The van der Waals surface area contributed by atoms with Crippen LogP contribution in [-0.4, -0.2) is 40.3 Å². The Balaban J connectivity index is 1.51. The molecule has 4 heterocycles. The van der Waals surface area contributed by atoms with Crippen LogP contribution in [0.25, 0.3) is 0 Å². The first kappa shape index (κ1) is 15.9. The van der Waals surface area contributed by atoms with E-state index in [0.717, 1.165) is 24.2 Å². The molecule has 2 aromatic heterocycles. The Bertz CT molecular complexity index is 791. The average Bonchev–Trinajstić information content (AvgIpc) is 3.19. The predicted molar refractivity (Wildman–Crippen MR) is 91.1 cm³/mol. The number of amides is 2. The molecule has 2 aromatic rings. The molecular formula is C19H21N3O3. The fraction of sp³-hybridized carbons (Fsp3) is 0.421. The lowest BCUT2D eigenvalue weighted by Gasteiger charge is -2.42. The van der Waals surface area contributed by atoms with E-state index in [1.165, 1.54) is 0 Å². The Morgan fingerprint density at radius 3 is 2.60 bits per heavy atom. The highest BCUT2D eigenvalue weighted by Crippen LogP contribution is 2.43. The van der Waals surface area contributed by atoms with E-state index >= 15 is 0 Å². The number of likely N-dealkylation sites (tertiary alicyclic amines) is 1. The van der Waals surface area contributed by atoms with Gasteiger partial charge in [0, 0.05) is 37.8 Å². The quantitative estimate of drug-likeness (QED) is 0.911. The van der Waals surface area contributed by atoms with Crippen molar-refractivity contribution in [1.82, 2.24) is 15.2 Å². The number of rotatable bonds is 2. The molecule has 4 rings (SSSR count). The van der Waals surface area contributed by atoms with Gasteiger partial charge in [-0.15, -0.1) is 0 Å². The summed E-state index contributed by atoms with van der Waals surface area (Å²) < 4.78 is 5.46. The van der Waals surface area contributed by atoms with Gasteiger partial charge in [0.2, 0.25) is 5.91 Å². The smallest absolute Gasteiger partial charge is 0.289 e. The summed E-state index contributed by atoms with van der Waals surface area (Å²) >= 11 is 0. The lowest BCUT2D eigenvalue weighted by Crippen LogP contribution is -2.54. The van der Waals surface area contributed by atoms with E-state index in [2.05, 4.69) is 10.3 Å². The third kappa shape index (κ3) is 2.81. The summed E-state index contributed by atoms with van der Waals surface area (Å²) in [7, 11) is 0. The molecule has 0 aromatic carbocycles. The maximum atomic E-state index is 12.6. The van der Waals surface area contributed by atoms with E-state index in [4.69, 9.17) is 4.42 Å². The lowest BCUT2D eigenvalue weighted by atomic mass is 9.74. The molecule has 2 fully saturated rings. The van der Waals surface area contributed by atoms with Crippen molar-refractivity contribution in [3.63, 3.8) is 0 Å². The van der Waals surface area contributed by atoms with Gasteiger partial charge in [0.15, 0.2) is 5.76 Å². The third-order valence-electron chi connectivity index (χ3n) is 5.45. The van der Waals surface area contributed by atoms with Gasteiger partial charge in [0.1, 0.15) is 5.76 Å². The molecule has 6 nitrogen and oxygen atoms in total. The molecule has 2 saturated heterocycles. The highest BCUT2D eigenvalue weighted by Gasteiger charge is 2.49. The number of pyridine rings is 1. The van der Waals surface area contributed by atoms with Gasteiger partial charge in [-0.2, -0.15) is 0 Å². The minimum atomic E-state index is -0.270. The number of aromatic nitrogens is 1. The standard InChI is InChI=1S/C19H21N3O3/c1-13-2-3-16(25-13)18(24)22-10-6-19(7-11-22)15(12-17(23)21-19)14-4-8-20-9-5-14/h2-5,8-9,15H,6-7,10-12H2,1H3,(H,21,23)/t15-/m0/s1. The maximum absolute atomic E-state index is 12.6. The number of nitrogens with one attached hydrogen (secondary N) is 1. The number of hydrogen-bond acceptors (Lipinski definition) is 4. The molecule has 1 spiro atoms. The summed E-state index contributed by atoms with van der Waals surface area (Å²) in [5.74, 6) is 1.26. The van der Waals surface area contributed by atoms with E-state index in [0.29, 0.717) is 25.3 Å². The second kappa shape index (κ2) is 6.02. The number of carbonyl (C=O) groups is 2. The molecule has 0 aliphatic carbocycles. The second-order valence-electron chi connectivity index (χ2n) is 6.94. The zero-order chi connectivity index (χ0) is 17.4. The maximum Gasteiger partial charge on any atom is 0.289 e. The van der Waals surface area contributed by atoms with Crippen molar-refractivity contribution in [2.24, 2.45) is 0 Å². The lowest BCUT2D eigenvalue weighted by molar-refractivity contribution is -0.120. The van der Waals surface area contributed by atoms with Crippen LogP contribution in [0, 0.1) is 6.92 Å². The Hall–Kier alpha value is -2.63. The van der Waals surface area contributed by atoms with E-state index in [-0.39, 0.29) is 23.3 Å². The molecule has 6 heteroatoms. The topological polar surface area (TPSA) is 75.4 Å². The number of hydrogen-bond donors (Lipinski definition) is 1. The summed E-state index contributed by atoms with van der Waals surface area (Å²) in [6.45, 7) is 3.05. The van der Waals surface area contributed by atoms with Crippen molar-refractivity contribution in [1.29, 1.82) is 0 Å². The van der Waals surface area contributed by atoms with Gasteiger partial charge in [0.05, 0.1) is 5.54 Å². The minimum Gasteiger partial charge on any atom is -0.456 e. The van der Waals surface area contributed by atoms with Gasteiger partial charge in [-0.05, 0) is 49.6 Å². The second-order valence-corrected chi connectivity index (χ2v) is 6.94. The highest BCUT2D eigenvalue weighted by molar-refractivity contribution is 5.91. The van der Waals surface area contributed by atoms with Gasteiger partial charge in [-0.1, -0.05) is 0 Å². The fourth-order valence-corrected chi connectivity index (χ4v) is 4.12. The predicted octanol–water partition coefficient (Wildman–Crippen LogP) is 2.26. The van der Waals surface area contributed by atoms with Crippen LogP contribution in [0.1, 0.15) is 47.1 Å². The molecule has 25 heavy (non-hydrogen) atoms. The van der Waals surface area contributed by atoms with Gasteiger partial charge in [0.25, 0.3) is 5.91 Å². The molecule has 1 N–H and O–H groups in total. The first-order valence-corrected chi connectivity index (χ1v) is 8.64. The Morgan fingerprint density at radius 1 is 1.24 bits per heavy atom. The van der Waals surface area contributed by atoms with Crippen LogP contribution < -0.4 is 5.32 Å². The minimum absolute atomic E-state index is 0.0762. The summed E-state index contributed by atoms with van der Waals surface area (Å²) in [4.78, 5) is 30.6. The average molecular weight is 339 g/mol. The van der Waals surface area contributed by atoms with E-state index in [1.807, 2.05) is 24.0 Å². The van der Waals surface area contributed by atoms with Gasteiger partial charge >= 0.3 is 0 Å². The molecule has 2 aliphatic rings. The number of carbonyl (C=O) groups excluding carboxylic acids is 2. The Morgan fingerprint density at radius 2 is 1.96 bits per heavy atom. The van der Waals surface area contributed by atoms with Crippen molar-refractivity contribution in [2.45, 2.75) is 37.6 Å². The largest absolute Gasteiger partial charge is 0.456 e.